The van der Waals surface area contributed by atoms with Crippen molar-refractivity contribution in [1.29, 1.82) is 0 Å². The minimum absolute atomic E-state index is 0.130. The molecule has 2 rings (SSSR count). The number of unbranched alkanes of at least 4 members (excludes halogenated alkanes) is 4. The summed E-state index contributed by atoms with van der Waals surface area (Å²) in [7, 11) is 0. The lowest BCUT2D eigenvalue weighted by atomic mass is 9.87. The van der Waals surface area contributed by atoms with Crippen LogP contribution in [0.5, 0.6) is 0 Å². The molecule has 30 heavy (non-hydrogen) atoms. The third-order valence-electron chi connectivity index (χ3n) is 6.81. The third kappa shape index (κ3) is 7.45. The molecular formula is C26H40O4. The van der Waals surface area contributed by atoms with Crippen molar-refractivity contribution in [3.63, 3.8) is 0 Å². The SMILES string of the molecule is Cc1cc(C)c(CCCCC2(OC=O)CC2)cc1CCCCCCC(C)(C)C(=O)O. The molecule has 0 aromatic heterocycles. The Hall–Kier alpha value is -1.84. The number of carbonyl (C=O) groups is 2. The minimum Gasteiger partial charge on any atom is -0.481 e. The Kier molecular flexibility index (Phi) is 8.93. The first kappa shape index (κ1) is 24.4. The molecule has 0 aliphatic heterocycles. The molecule has 4 nitrogen and oxygen atoms in total. The molecule has 0 bridgehead atoms. The summed E-state index contributed by atoms with van der Waals surface area (Å²) in [5, 5.41) is 9.20. The van der Waals surface area contributed by atoms with E-state index in [1.165, 1.54) is 22.3 Å². The lowest BCUT2D eigenvalue weighted by molar-refractivity contribution is -0.147. The van der Waals surface area contributed by atoms with Crippen molar-refractivity contribution in [2.24, 2.45) is 5.41 Å². The molecule has 4 heteroatoms. The van der Waals surface area contributed by atoms with Crippen LogP contribution in [-0.4, -0.2) is 23.1 Å². The van der Waals surface area contributed by atoms with Gasteiger partial charge < -0.3 is 9.84 Å². The van der Waals surface area contributed by atoms with E-state index in [0.717, 1.165) is 77.0 Å². The van der Waals surface area contributed by atoms with E-state index in [4.69, 9.17) is 4.74 Å². The highest BCUT2D eigenvalue weighted by atomic mass is 16.5. The maximum atomic E-state index is 11.2. The van der Waals surface area contributed by atoms with Crippen LogP contribution in [0.4, 0.5) is 0 Å². The predicted molar refractivity (Wildman–Crippen MR) is 121 cm³/mol. The summed E-state index contributed by atoms with van der Waals surface area (Å²) in [6.45, 7) is 8.64. The van der Waals surface area contributed by atoms with Crippen LogP contribution in [0, 0.1) is 19.3 Å². The average Bonchev–Trinajstić information content (AvgIpc) is 3.44. The highest BCUT2D eigenvalue weighted by Gasteiger charge is 2.44. The molecule has 0 spiro atoms. The summed E-state index contributed by atoms with van der Waals surface area (Å²) in [5.41, 5.74) is 4.90. The smallest absolute Gasteiger partial charge is 0.309 e. The first-order valence-electron chi connectivity index (χ1n) is 11.6. The normalized spacial score (nSPS) is 15.1. The van der Waals surface area contributed by atoms with Crippen LogP contribution in [0.2, 0.25) is 0 Å². The predicted octanol–water partition coefficient (Wildman–Crippen LogP) is 6.33. The van der Waals surface area contributed by atoms with Gasteiger partial charge in [0.05, 0.1) is 5.41 Å². The molecule has 1 aromatic rings. The van der Waals surface area contributed by atoms with Crippen LogP contribution in [0.15, 0.2) is 12.1 Å². The van der Waals surface area contributed by atoms with Gasteiger partial charge in [0.25, 0.3) is 6.47 Å². The first-order valence-corrected chi connectivity index (χ1v) is 11.6. The Balaban J connectivity index is 1.73. The quantitative estimate of drug-likeness (QED) is 0.268. The second-order valence-corrected chi connectivity index (χ2v) is 9.91. The van der Waals surface area contributed by atoms with Gasteiger partial charge in [0.1, 0.15) is 5.60 Å². The van der Waals surface area contributed by atoms with Gasteiger partial charge in [0.2, 0.25) is 0 Å². The molecule has 1 saturated carbocycles. The molecule has 0 radical (unpaired) electrons. The van der Waals surface area contributed by atoms with E-state index in [9.17, 15) is 14.7 Å². The van der Waals surface area contributed by atoms with Gasteiger partial charge in [0.15, 0.2) is 0 Å². The fourth-order valence-corrected chi connectivity index (χ4v) is 4.26. The van der Waals surface area contributed by atoms with E-state index in [0.29, 0.717) is 6.47 Å². The van der Waals surface area contributed by atoms with E-state index in [1.54, 1.807) is 0 Å². The van der Waals surface area contributed by atoms with Crippen molar-refractivity contribution in [1.82, 2.24) is 0 Å². The first-order chi connectivity index (χ1) is 14.2. The maximum Gasteiger partial charge on any atom is 0.309 e. The zero-order valence-corrected chi connectivity index (χ0v) is 19.4. The topological polar surface area (TPSA) is 63.6 Å². The Labute approximate surface area is 182 Å². The highest BCUT2D eigenvalue weighted by molar-refractivity contribution is 5.73. The minimum atomic E-state index is -0.700. The molecule has 1 fully saturated rings. The molecule has 0 heterocycles. The van der Waals surface area contributed by atoms with Crippen LogP contribution >= 0.6 is 0 Å². The Morgan fingerprint density at radius 3 is 2.10 bits per heavy atom. The van der Waals surface area contributed by atoms with Crippen molar-refractivity contribution < 1.29 is 19.4 Å². The standard InChI is InChI=1S/C26H40O4/c1-20-17-21(2)23(12-8-10-14-26(15-16-26)30-19-27)18-22(20)11-7-5-6-9-13-25(3,4)24(28)29/h17-19H,5-16H2,1-4H3,(H,28,29). The van der Waals surface area contributed by atoms with Crippen LogP contribution in [0.3, 0.4) is 0 Å². The van der Waals surface area contributed by atoms with Gasteiger partial charge in [0, 0.05) is 0 Å². The highest BCUT2D eigenvalue weighted by Crippen LogP contribution is 2.43. The van der Waals surface area contributed by atoms with Crippen LogP contribution in [-0.2, 0) is 27.2 Å². The molecule has 0 atom stereocenters. The van der Waals surface area contributed by atoms with Gasteiger partial charge in [-0.3, -0.25) is 9.59 Å². The molecule has 0 unspecified atom stereocenters. The second kappa shape index (κ2) is 11.0. The summed E-state index contributed by atoms with van der Waals surface area (Å²) in [6, 6.07) is 4.71. The fraction of sp³-hybridized carbons (Fsp3) is 0.692. The largest absolute Gasteiger partial charge is 0.481 e. The molecule has 168 valence electrons. The van der Waals surface area contributed by atoms with Gasteiger partial charge in [-0.15, -0.1) is 0 Å². The summed E-state index contributed by atoms with van der Waals surface area (Å²) < 4.78 is 5.24. The number of aliphatic carboxylic acids is 1. The molecule has 1 aliphatic carbocycles. The van der Waals surface area contributed by atoms with E-state index in [-0.39, 0.29) is 5.60 Å². The Bertz CT molecular complexity index is 716. The molecular weight excluding hydrogens is 376 g/mol. The van der Waals surface area contributed by atoms with Gasteiger partial charge in [-0.25, -0.2) is 0 Å². The summed E-state index contributed by atoms with van der Waals surface area (Å²) in [6.07, 6.45) is 12.6. The number of rotatable bonds is 15. The molecule has 0 saturated heterocycles. The number of carboxylic acid groups (broad SMARTS) is 1. The number of benzene rings is 1. The van der Waals surface area contributed by atoms with Crippen LogP contribution in [0.25, 0.3) is 0 Å². The third-order valence-corrected chi connectivity index (χ3v) is 6.81. The zero-order valence-electron chi connectivity index (χ0n) is 19.4. The van der Waals surface area contributed by atoms with Gasteiger partial charge in [-0.1, -0.05) is 31.4 Å². The van der Waals surface area contributed by atoms with Crippen LogP contribution in [0.1, 0.15) is 100 Å². The number of aryl methyl sites for hydroxylation is 4. The molecule has 1 aliphatic rings. The van der Waals surface area contributed by atoms with Gasteiger partial charge >= 0.3 is 5.97 Å². The summed E-state index contributed by atoms with van der Waals surface area (Å²) in [4.78, 5) is 21.8. The molecule has 1 aromatic carbocycles. The van der Waals surface area contributed by atoms with E-state index in [2.05, 4.69) is 26.0 Å². The number of carbonyl (C=O) groups excluding carboxylic acids is 1. The lowest BCUT2D eigenvalue weighted by Gasteiger charge is -2.18. The number of carboxylic acids is 1. The van der Waals surface area contributed by atoms with Crippen LogP contribution < -0.4 is 0 Å². The molecule has 1 N–H and O–H groups in total. The fourth-order valence-electron chi connectivity index (χ4n) is 4.26. The van der Waals surface area contributed by atoms with E-state index < -0.39 is 11.4 Å². The van der Waals surface area contributed by atoms with Crippen molar-refractivity contribution in [3.05, 3.63) is 34.4 Å². The Morgan fingerprint density at radius 1 is 1.00 bits per heavy atom. The number of hydrogen-bond acceptors (Lipinski definition) is 3. The van der Waals surface area contributed by atoms with Crippen molar-refractivity contribution >= 4 is 12.4 Å². The maximum absolute atomic E-state index is 11.2. The molecule has 0 amide bonds. The average molecular weight is 417 g/mol. The van der Waals surface area contributed by atoms with E-state index >= 15 is 0 Å². The summed E-state index contributed by atoms with van der Waals surface area (Å²) in [5.74, 6) is -0.700. The van der Waals surface area contributed by atoms with Crippen molar-refractivity contribution in [2.45, 2.75) is 110 Å². The summed E-state index contributed by atoms with van der Waals surface area (Å²) >= 11 is 0. The van der Waals surface area contributed by atoms with Crippen molar-refractivity contribution in [3.8, 4) is 0 Å². The number of ether oxygens (including phenoxy) is 1. The monoisotopic (exact) mass is 416 g/mol. The van der Waals surface area contributed by atoms with Gasteiger partial charge in [-0.2, -0.15) is 0 Å². The van der Waals surface area contributed by atoms with Crippen molar-refractivity contribution in [2.75, 3.05) is 0 Å². The van der Waals surface area contributed by atoms with E-state index in [1.807, 2.05) is 13.8 Å². The number of hydrogen-bond donors (Lipinski definition) is 1. The lowest BCUT2D eigenvalue weighted by Crippen LogP contribution is -2.23. The second-order valence-electron chi connectivity index (χ2n) is 9.91. The zero-order chi connectivity index (χ0) is 22.2. The van der Waals surface area contributed by atoms with Gasteiger partial charge in [-0.05, 0) is 108 Å². The Morgan fingerprint density at radius 2 is 1.57 bits per heavy atom.